The van der Waals surface area contributed by atoms with Gasteiger partial charge in [-0.25, -0.2) is 4.98 Å². The van der Waals surface area contributed by atoms with Crippen LogP contribution < -0.4 is 5.32 Å². The first kappa shape index (κ1) is 15.3. The van der Waals surface area contributed by atoms with E-state index in [0.717, 1.165) is 5.56 Å². The second-order valence-corrected chi connectivity index (χ2v) is 5.16. The highest BCUT2D eigenvalue weighted by Crippen LogP contribution is 2.20. The second-order valence-electron chi connectivity index (χ2n) is 5.16. The van der Waals surface area contributed by atoms with Crippen molar-refractivity contribution in [2.75, 3.05) is 6.54 Å². The monoisotopic (exact) mass is 288 g/mol. The second kappa shape index (κ2) is 7.04. The third-order valence-corrected chi connectivity index (χ3v) is 3.37. The molecule has 1 aromatic heterocycles. The van der Waals surface area contributed by atoms with Crippen LogP contribution in [-0.2, 0) is 0 Å². The summed E-state index contributed by atoms with van der Waals surface area (Å²) in [4.78, 5) is 16.0. The van der Waals surface area contributed by atoms with Crippen molar-refractivity contribution in [2.45, 2.75) is 32.3 Å². The molecule has 1 amide bonds. The molecule has 112 valence electrons. The molecule has 5 nitrogen and oxygen atoms in total. The number of hydrogen-bond donors (Lipinski definition) is 2. The molecule has 0 saturated carbocycles. The van der Waals surface area contributed by atoms with Crippen LogP contribution in [0.1, 0.15) is 41.1 Å². The van der Waals surface area contributed by atoms with Crippen LogP contribution in [0.2, 0.25) is 0 Å². The molecule has 1 heterocycles. The number of amides is 1. The number of carbonyl (C=O) groups excluding carboxylic acids is 1. The molecule has 21 heavy (non-hydrogen) atoms. The van der Waals surface area contributed by atoms with Gasteiger partial charge in [-0.1, -0.05) is 30.3 Å². The number of nitrogens with zero attached hydrogens (tertiary/aromatic N) is 1. The quantitative estimate of drug-likeness (QED) is 0.855. The van der Waals surface area contributed by atoms with E-state index in [4.69, 9.17) is 4.42 Å². The van der Waals surface area contributed by atoms with Crippen molar-refractivity contribution in [3.63, 3.8) is 0 Å². The Kier molecular flexibility index (Phi) is 5.11. The number of nitrogens with one attached hydrogen (secondary N) is 1. The van der Waals surface area contributed by atoms with Crippen molar-refractivity contribution in [2.24, 2.45) is 0 Å². The molecule has 1 aromatic carbocycles. The fourth-order valence-corrected chi connectivity index (χ4v) is 2.30. The summed E-state index contributed by atoms with van der Waals surface area (Å²) in [7, 11) is 0. The van der Waals surface area contributed by atoms with Crippen LogP contribution >= 0.6 is 0 Å². The normalized spacial score (nSPS) is 13.7. The maximum absolute atomic E-state index is 12.1. The molecular formula is C16H20N2O3. The minimum Gasteiger partial charge on any atom is -0.448 e. The molecule has 0 saturated heterocycles. The van der Waals surface area contributed by atoms with Crippen LogP contribution in [0, 0.1) is 6.92 Å². The van der Waals surface area contributed by atoms with Gasteiger partial charge in [0, 0.05) is 12.5 Å². The average molecular weight is 288 g/mol. The van der Waals surface area contributed by atoms with Gasteiger partial charge in [0.15, 0.2) is 12.1 Å². The summed E-state index contributed by atoms with van der Waals surface area (Å²) >= 11 is 0. The lowest BCUT2D eigenvalue weighted by Gasteiger charge is -2.19. The predicted octanol–water partition coefficient (Wildman–Crippen LogP) is 2.27. The molecule has 0 aliphatic carbocycles. The van der Waals surface area contributed by atoms with E-state index in [1.54, 1.807) is 13.8 Å². The third-order valence-electron chi connectivity index (χ3n) is 3.37. The van der Waals surface area contributed by atoms with Gasteiger partial charge in [0.25, 0.3) is 5.91 Å². The molecule has 2 N–H and O–H groups in total. The molecule has 2 unspecified atom stereocenters. The van der Waals surface area contributed by atoms with Gasteiger partial charge in [0.05, 0.1) is 6.10 Å². The van der Waals surface area contributed by atoms with Gasteiger partial charge >= 0.3 is 0 Å². The number of benzene rings is 1. The van der Waals surface area contributed by atoms with Crippen molar-refractivity contribution in [3.05, 3.63) is 53.7 Å². The molecule has 0 radical (unpaired) electrons. The highest BCUT2D eigenvalue weighted by Gasteiger charge is 2.18. The Bertz CT molecular complexity index is 578. The SMILES string of the molecule is Cc1ocnc1C(=O)NCC(CC(C)O)c1ccccc1. The number of oxazole rings is 1. The molecule has 2 atom stereocenters. The van der Waals surface area contributed by atoms with E-state index in [0.29, 0.717) is 24.4 Å². The first-order valence-corrected chi connectivity index (χ1v) is 6.99. The summed E-state index contributed by atoms with van der Waals surface area (Å²) in [5, 5.41) is 12.5. The third kappa shape index (κ3) is 4.16. The predicted molar refractivity (Wildman–Crippen MR) is 79.1 cm³/mol. The molecule has 0 fully saturated rings. The summed E-state index contributed by atoms with van der Waals surface area (Å²) in [5.74, 6) is 0.300. The molecule has 0 aliphatic rings. The zero-order valence-corrected chi connectivity index (χ0v) is 12.2. The van der Waals surface area contributed by atoms with Crippen LogP contribution in [0.5, 0.6) is 0 Å². The van der Waals surface area contributed by atoms with Crippen LogP contribution in [0.3, 0.4) is 0 Å². The number of hydrogen-bond acceptors (Lipinski definition) is 4. The van der Waals surface area contributed by atoms with Crippen molar-refractivity contribution in [1.82, 2.24) is 10.3 Å². The van der Waals surface area contributed by atoms with E-state index >= 15 is 0 Å². The summed E-state index contributed by atoms with van der Waals surface area (Å²) in [6.07, 6.45) is 1.41. The van der Waals surface area contributed by atoms with E-state index in [1.807, 2.05) is 30.3 Å². The summed E-state index contributed by atoms with van der Waals surface area (Å²) in [6, 6.07) is 9.85. The smallest absolute Gasteiger partial charge is 0.273 e. The minimum absolute atomic E-state index is 0.0577. The fraction of sp³-hybridized carbons (Fsp3) is 0.375. The number of aryl methyl sites for hydroxylation is 1. The summed E-state index contributed by atoms with van der Waals surface area (Å²) in [5.41, 5.74) is 1.40. The highest BCUT2D eigenvalue weighted by atomic mass is 16.3. The number of aliphatic hydroxyl groups excluding tert-OH is 1. The highest BCUT2D eigenvalue weighted by molar-refractivity contribution is 5.93. The van der Waals surface area contributed by atoms with Gasteiger partial charge < -0.3 is 14.8 Å². The average Bonchev–Trinajstić information content (AvgIpc) is 2.90. The Labute approximate surface area is 124 Å². The Morgan fingerprint density at radius 1 is 1.38 bits per heavy atom. The first-order valence-electron chi connectivity index (χ1n) is 6.99. The lowest BCUT2D eigenvalue weighted by molar-refractivity contribution is 0.0939. The van der Waals surface area contributed by atoms with E-state index in [2.05, 4.69) is 10.3 Å². The van der Waals surface area contributed by atoms with Crippen molar-refractivity contribution < 1.29 is 14.3 Å². The first-order chi connectivity index (χ1) is 10.1. The number of carbonyl (C=O) groups is 1. The zero-order valence-electron chi connectivity index (χ0n) is 12.2. The maximum Gasteiger partial charge on any atom is 0.273 e. The van der Waals surface area contributed by atoms with Gasteiger partial charge in [-0.2, -0.15) is 0 Å². The molecule has 5 heteroatoms. The van der Waals surface area contributed by atoms with Gasteiger partial charge in [-0.05, 0) is 25.8 Å². The van der Waals surface area contributed by atoms with Gasteiger partial charge in [-0.15, -0.1) is 0 Å². The van der Waals surface area contributed by atoms with E-state index < -0.39 is 6.10 Å². The van der Waals surface area contributed by atoms with Gasteiger partial charge in [-0.3, -0.25) is 4.79 Å². The Morgan fingerprint density at radius 3 is 2.67 bits per heavy atom. The molecule has 2 aromatic rings. The zero-order chi connectivity index (χ0) is 15.2. The van der Waals surface area contributed by atoms with Crippen LogP contribution in [0.15, 0.2) is 41.1 Å². The van der Waals surface area contributed by atoms with Crippen LogP contribution in [0.25, 0.3) is 0 Å². The molecule has 2 rings (SSSR count). The number of aromatic nitrogens is 1. The van der Waals surface area contributed by atoms with Crippen molar-refractivity contribution in [1.29, 1.82) is 0 Å². The summed E-state index contributed by atoms with van der Waals surface area (Å²) < 4.78 is 5.03. The van der Waals surface area contributed by atoms with Crippen LogP contribution in [-0.4, -0.2) is 28.6 Å². The van der Waals surface area contributed by atoms with Crippen molar-refractivity contribution >= 4 is 5.91 Å². The molecule has 0 spiro atoms. The standard InChI is InChI=1S/C16H20N2O3/c1-11(19)8-14(13-6-4-3-5-7-13)9-17-16(20)15-12(2)21-10-18-15/h3-7,10-11,14,19H,8-9H2,1-2H3,(H,17,20). The Morgan fingerprint density at radius 2 is 2.10 bits per heavy atom. The largest absolute Gasteiger partial charge is 0.448 e. The lowest BCUT2D eigenvalue weighted by atomic mass is 9.93. The minimum atomic E-state index is -0.430. The van der Waals surface area contributed by atoms with Gasteiger partial charge in [0.1, 0.15) is 5.76 Å². The number of rotatable bonds is 6. The topological polar surface area (TPSA) is 75.4 Å². The molecule has 0 bridgehead atoms. The van der Waals surface area contributed by atoms with E-state index in [9.17, 15) is 9.90 Å². The van der Waals surface area contributed by atoms with Gasteiger partial charge in [0.2, 0.25) is 0 Å². The molecular weight excluding hydrogens is 268 g/mol. The Balaban J connectivity index is 2.03. The van der Waals surface area contributed by atoms with E-state index in [-0.39, 0.29) is 11.8 Å². The van der Waals surface area contributed by atoms with E-state index in [1.165, 1.54) is 6.39 Å². The maximum atomic E-state index is 12.1. The van der Waals surface area contributed by atoms with Crippen LogP contribution in [0.4, 0.5) is 0 Å². The fourth-order valence-electron chi connectivity index (χ4n) is 2.30. The Hall–Kier alpha value is -2.14. The lowest BCUT2D eigenvalue weighted by Crippen LogP contribution is -2.30. The number of aliphatic hydroxyl groups is 1. The summed E-state index contributed by atoms with van der Waals surface area (Å²) in [6.45, 7) is 3.89. The van der Waals surface area contributed by atoms with Crippen molar-refractivity contribution in [3.8, 4) is 0 Å². The molecule has 0 aliphatic heterocycles.